The van der Waals surface area contributed by atoms with Crippen molar-refractivity contribution in [2.45, 2.75) is 51.5 Å². The van der Waals surface area contributed by atoms with E-state index in [4.69, 9.17) is 5.73 Å². The van der Waals surface area contributed by atoms with Gasteiger partial charge in [-0.15, -0.1) is 0 Å². The molecule has 3 atom stereocenters. The van der Waals surface area contributed by atoms with Crippen molar-refractivity contribution in [3.05, 3.63) is 0 Å². The lowest BCUT2D eigenvalue weighted by atomic mass is 9.75. The second-order valence-corrected chi connectivity index (χ2v) is 5.39. The fourth-order valence-corrected chi connectivity index (χ4v) is 3.53. The fraction of sp³-hybridized carbons (Fsp3) is 1.00. The highest BCUT2D eigenvalue weighted by Crippen LogP contribution is 2.36. The van der Waals surface area contributed by atoms with Crippen LogP contribution in [-0.2, 0) is 0 Å². The number of rotatable bonds is 3. The molecule has 88 valence electrons. The van der Waals surface area contributed by atoms with E-state index in [1.54, 1.807) is 0 Å². The van der Waals surface area contributed by atoms with E-state index in [0.717, 1.165) is 18.4 Å². The van der Waals surface area contributed by atoms with Gasteiger partial charge in [0, 0.05) is 19.1 Å². The first-order valence-corrected chi connectivity index (χ1v) is 6.79. The van der Waals surface area contributed by atoms with Crippen molar-refractivity contribution in [2.24, 2.45) is 17.6 Å². The molecule has 2 heteroatoms. The zero-order valence-corrected chi connectivity index (χ0v) is 10.1. The van der Waals surface area contributed by atoms with Gasteiger partial charge in [0.25, 0.3) is 0 Å². The van der Waals surface area contributed by atoms with E-state index in [1.165, 1.54) is 51.6 Å². The lowest BCUT2D eigenvalue weighted by Gasteiger charge is -2.44. The lowest BCUT2D eigenvalue weighted by Crippen LogP contribution is -2.49. The predicted octanol–water partition coefficient (Wildman–Crippen LogP) is 2.24. The van der Waals surface area contributed by atoms with E-state index in [0.29, 0.717) is 6.04 Å². The van der Waals surface area contributed by atoms with Gasteiger partial charge in [-0.2, -0.15) is 0 Å². The first kappa shape index (κ1) is 11.4. The maximum absolute atomic E-state index is 5.84. The van der Waals surface area contributed by atoms with Crippen molar-refractivity contribution >= 4 is 0 Å². The maximum Gasteiger partial charge on any atom is 0.0215 e. The smallest absolute Gasteiger partial charge is 0.0215 e. The Bertz CT molecular complexity index is 189. The van der Waals surface area contributed by atoms with Crippen LogP contribution in [0.4, 0.5) is 0 Å². The van der Waals surface area contributed by atoms with Crippen LogP contribution in [0.15, 0.2) is 0 Å². The summed E-state index contributed by atoms with van der Waals surface area (Å²) in [5.74, 6) is 2.04. The van der Waals surface area contributed by atoms with Crippen LogP contribution in [0, 0.1) is 11.8 Å². The van der Waals surface area contributed by atoms with Crippen molar-refractivity contribution in [3.8, 4) is 0 Å². The van der Waals surface area contributed by atoms with Gasteiger partial charge >= 0.3 is 0 Å². The second-order valence-electron chi connectivity index (χ2n) is 5.39. The molecule has 2 rings (SSSR count). The van der Waals surface area contributed by atoms with Gasteiger partial charge in [-0.25, -0.2) is 0 Å². The predicted molar refractivity (Wildman–Crippen MR) is 64.8 cm³/mol. The van der Waals surface area contributed by atoms with Gasteiger partial charge in [-0.05, 0) is 37.6 Å². The molecule has 2 nitrogen and oxygen atoms in total. The van der Waals surface area contributed by atoms with Gasteiger partial charge in [0.1, 0.15) is 0 Å². The SMILES string of the molecule is CCC(CN)N1CCC2CCCCC2C1. The van der Waals surface area contributed by atoms with Crippen LogP contribution in [0.25, 0.3) is 0 Å². The van der Waals surface area contributed by atoms with Crippen LogP contribution < -0.4 is 5.73 Å². The summed E-state index contributed by atoms with van der Waals surface area (Å²) in [5.41, 5.74) is 5.84. The van der Waals surface area contributed by atoms with E-state index in [1.807, 2.05) is 0 Å². The van der Waals surface area contributed by atoms with Crippen molar-refractivity contribution in [3.63, 3.8) is 0 Å². The normalized spacial score (nSPS) is 34.8. The van der Waals surface area contributed by atoms with E-state index in [9.17, 15) is 0 Å². The molecule has 2 fully saturated rings. The maximum atomic E-state index is 5.84. The Labute approximate surface area is 94.2 Å². The molecule has 0 radical (unpaired) electrons. The van der Waals surface area contributed by atoms with Gasteiger partial charge in [0.2, 0.25) is 0 Å². The van der Waals surface area contributed by atoms with Gasteiger partial charge in [-0.1, -0.05) is 26.2 Å². The summed E-state index contributed by atoms with van der Waals surface area (Å²) in [4.78, 5) is 2.66. The van der Waals surface area contributed by atoms with Crippen molar-refractivity contribution in [2.75, 3.05) is 19.6 Å². The molecular weight excluding hydrogens is 184 g/mol. The molecule has 15 heavy (non-hydrogen) atoms. The third kappa shape index (κ3) is 2.54. The average Bonchev–Trinajstić information content (AvgIpc) is 2.30. The molecular formula is C13H26N2. The van der Waals surface area contributed by atoms with E-state index in [2.05, 4.69) is 11.8 Å². The molecule has 2 N–H and O–H groups in total. The molecule has 3 unspecified atom stereocenters. The second kappa shape index (κ2) is 5.31. The van der Waals surface area contributed by atoms with Crippen LogP contribution in [-0.4, -0.2) is 30.6 Å². The standard InChI is InChI=1S/C13H26N2/c1-2-13(9-14)15-8-7-11-5-3-4-6-12(11)10-15/h11-13H,2-10,14H2,1H3. The summed E-state index contributed by atoms with van der Waals surface area (Å²) in [5, 5.41) is 0. The first-order valence-electron chi connectivity index (χ1n) is 6.79. The Morgan fingerprint density at radius 2 is 1.93 bits per heavy atom. The summed E-state index contributed by atoms with van der Waals surface area (Å²) in [6.45, 7) is 5.75. The summed E-state index contributed by atoms with van der Waals surface area (Å²) >= 11 is 0. The van der Waals surface area contributed by atoms with Crippen LogP contribution >= 0.6 is 0 Å². The quantitative estimate of drug-likeness (QED) is 0.774. The molecule has 1 aliphatic carbocycles. The van der Waals surface area contributed by atoms with Gasteiger partial charge in [0.05, 0.1) is 0 Å². The molecule has 2 aliphatic rings. The number of piperidine rings is 1. The number of likely N-dealkylation sites (tertiary alicyclic amines) is 1. The van der Waals surface area contributed by atoms with Crippen LogP contribution in [0.1, 0.15) is 45.4 Å². The lowest BCUT2D eigenvalue weighted by molar-refractivity contribution is 0.0578. The Kier molecular flexibility index (Phi) is 4.04. The van der Waals surface area contributed by atoms with E-state index in [-0.39, 0.29) is 0 Å². The topological polar surface area (TPSA) is 29.3 Å². The molecule has 0 bridgehead atoms. The molecule has 0 amide bonds. The molecule has 0 aromatic carbocycles. The van der Waals surface area contributed by atoms with Crippen LogP contribution in [0.2, 0.25) is 0 Å². The molecule has 1 aliphatic heterocycles. The zero-order valence-electron chi connectivity index (χ0n) is 10.1. The summed E-state index contributed by atoms with van der Waals surface area (Å²) in [6.07, 6.45) is 8.57. The van der Waals surface area contributed by atoms with E-state index >= 15 is 0 Å². The number of fused-ring (bicyclic) bond motifs is 1. The molecule has 0 spiro atoms. The minimum Gasteiger partial charge on any atom is -0.329 e. The molecule has 1 saturated heterocycles. The average molecular weight is 210 g/mol. The number of nitrogens with two attached hydrogens (primary N) is 1. The Morgan fingerprint density at radius 1 is 1.20 bits per heavy atom. The van der Waals surface area contributed by atoms with Gasteiger partial charge in [0.15, 0.2) is 0 Å². The fourth-order valence-electron chi connectivity index (χ4n) is 3.53. The Balaban J connectivity index is 1.90. The summed E-state index contributed by atoms with van der Waals surface area (Å²) in [7, 11) is 0. The molecule has 1 heterocycles. The highest BCUT2D eigenvalue weighted by atomic mass is 15.2. The largest absolute Gasteiger partial charge is 0.329 e. The van der Waals surface area contributed by atoms with Gasteiger partial charge < -0.3 is 5.73 Å². The van der Waals surface area contributed by atoms with Crippen molar-refractivity contribution < 1.29 is 0 Å². The van der Waals surface area contributed by atoms with Crippen molar-refractivity contribution in [1.82, 2.24) is 4.90 Å². The van der Waals surface area contributed by atoms with Gasteiger partial charge in [-0.3, -0.25) is 4.90 Å². The highest BCUT2D eigenvalue weighted by molar-refractivity contribution is 4.86. The van der Waals surface area contributed by atoms with E-state index < -0.39 is 0 Å². The third-order valence-electron chi connectivity index (χ3n) is 4.58. The monoisotopic (exact) mass is 210 g/mol. The summed E-state index contributed by atoms with van der Waals surface area (Å²) < 4.78 is 0. The number of hydrogen-bond donors (Lipinski definition) is 1. The minimum atomic E-state index is 0.646. The molecule has 0 aromatic rings. The zero-order chi connectivity index (χ0) is 10.7. The first-order chi connectivity index (χ1) is 7.35. The Hall–Kier alpha value is -0.0800. The number of hydrogen-bond acceptors (Lipinski definition) is 2. The number of nitrogens with zero attached hydrogens (tertiary/aromatic N) is 1. The molecule has 1 saturated carbocycles. The van der Waals surface area contributed by atoms with Crippen LogP contribution in [0.5, 0.6) is 0 Å². The highest BCUT2D eigenvalue weighted by Gasteiger charge is 2.32. The third-order valence-corrected chi connectivity index (χ3v) is 4.58. The Morgan fingerprint density at radius 3 is 2.60 bits per heavy atom. The molecule has 0 aromatic heterocycles. The van der Waals surface area contributed by atoms with Crippen LogP contribution in [0.3, 0.4) is 0 Å². The minimum absolute atomic E-state index is 0.646. The summed E-state index contributed by atoms with van der Waals surface area (Å²) in [6, 6.07) is 0.646. The van der Waals surface area contributed by atoms with Crippen molar-refractivity contribution in [1.29, 1.82) is 0 Å².